The van der Waals surface area contributed by atoms with Crippen LogP contribution >= 0.6 is 0 Å². The van der Waals surface area contributed by atoms with Crippen LogP contribution in [-0.2, 0) is 6.54 Å². The van der Waals surface area contributed by atoms with Crippen LogP contribution < -0.4 is 10.2 Å². The minimum absolute atomic E-state index is 0.191. The van der Waals surface area contributed by atoms with Gasteiger partial charge in [0, 0.05) is 36.6 Å². The van der Waals surface area contributed by atoms with E-state index < -0.39 is 0 Å². The molecule has 0 amide bonds. The normalized spacial score (nSPS) is 17.3. The van der Waals surface area contributed by atoms with E-state index in [4.69, 9.17) is 9.40 Å². The summed E-state index contributed by atoms with van der Waals surface area (Å²) in [6, 6.07) is 4.08. The summed E-state index contributed by atoms with van der Waals surface area (Å²) in [4.78, 5) is 11.8. The molecule has 5 nitrogen and oxygen atoms in total. The van der Waals surface area contributed by atoms with E-state index in [-0.39, 0.29) is 6.04 Å². The zero-order chi connectivity index (χ0) is 16.8. The number of anilines is 1. The Morgan fingerprint density at radius 2 is 1.96 bits per heavy atom. The number of hydrogen-bond donors (Lipinski definition) is 1. The molecule has 2 aromatic rings. The van der Waals surface area contributed by atoms with Gasteiger partial charge in [-0.05, 0) is 38.8 Å². The lowest BCUT2D eigenvalue weighted by atomic mass is 10.1. The number of aromatic nitrogens is 2. The van der Waals surface area contributed by atoms with Gasteiger partial charge in [0.05, 0.1) is 12.8 Å². The van der Waals surface area contributed by atoms with Gasteiger partial charge in [0.25, 0.3) is 0 Å². The molecule has 1 unspecified atom stereocenters. The smallest absolute Gasteiger partial charge is 0.225 e. The molecule has 0 saturated carbocycles. The van der Waals surface area contributed by atoms with Crippen LogP contribution in [0.5, 0.6) is 0 Å². The summed E-state index contributed by atoms with van der Waals surface area (Å²) in [5.41, 5.74) is 2.21. The molecule has 1 saturated heterocycles. The average Bonchev–Trinajstić information content (AvgIpc) is 3.05. The molecule has 0 spiro atoms. The molecular weight excluding hydrogens is 300 g/mol. The highest BCUT2D eigenvalue weighted by Crippen LogP contribution is 2.20. The van der Waals surface area contributed by atoms with Gasteiger partial charge in [-0.25, -0.2) is 9.97 Å². The first-order valence-corrected chi connectivity index (χ1v) is 9.08. The Labute approximate surface area is 144 Å². The van der Waals surface area contributed by atoms with Crippen molar-refractivity contribution in [3.63, 3.8) is 0 Å². The molecule has 0 radical (unpaired) electrons. The summed E-state index contributed by atoms with van der Waals surface area (Å²) in [5.74, 6) is 1.83. The maximum absolute atomic E-state index is 5.37. The topological polar surface area (TPSA) is 54.2 Å². The molecule has 1 N–H and O–H groups in total. The van der Waals surface area contributed by atoms with Crippen molar-refractivity contribution in [2.75, 3.05) is 18.0 Å². The van der Waals surface area contributed by atoms with Crippen molar-refractivity contribution < 1.29 is 4.42 Å². The lowest BCUT2D eigenvalue weighted by Gasteiger charge is -2.25. The van der Waals surface area contributed by atoms with Gasteiger partial charge in [0.1, 0.15) is 5.76 Å². The van der Waals surface area contributed by atoms with Gasteiger partial charge in [0.2, 0.25) is 5.95 Å². The van der Waals surface area contributed by atoms with Crippen LogP contribution in [0.25, 0.3) is 0 Å². The summed E-state index contributed by atoms with van der Waals surface area (Å²) in [5, 5.41) is 3.47. The Balaban J connectivity index is 1.64. The third kappa shape index (κ3) is 4.35. The van der Waals surface area contributed by atoms with Gasteiger partial charge in [-0.1, -0.05) is 19.3 Å². The lowest BCUT2D eigenvalue weighted by molar-refractivity contribution is 0.459. The van der Waals surface area contributed by atoms with Gasteiger partial charge in [0.15, 0.2) is 0 Å². The zero-order valence-electron chi connectivity index (χ0n) is 14.8. The number of nitrogens with one attached hydrogen (secondary N) is 1. The molecule has 130 valence electrons. The Bertz CT molecular complexity index is 618. The SMILES string of the molecule is Cc1nc(N2CCCCCCC2)ncc1C(C)NCc1ccco1. The minimum atomic E-state index is 0.191. The fourth-order valence-corrected chi connectivity index (χ4v) is 3.27. The van der Waals surface area contributed by atoms with Crippen molar-refractivity contribution in [3.8, 4) is 0 Å². The molecule has 24 heavy (non-hydrogen) atoms. The molecule has 0 aromatic carbocycles. The van der Waals surface area contributed by atoms with Crippen LogP contribution in [0, 0.1) is 6.92 Å². The van der Waals surface area contributed by atoms with E-state index in [2.05, 4.69) is 29.0 Å². The summed E-state index contributed by atoms with van der Waals surface area (Å²) in [6.45, 7) is 7.08. The first-order valence-electron chi connectivity index (χ1n) is 9.08. The highest BCUT2D eigenvalue weighted by atomic mass is 16.3. The lowest BCUT2D eigenvalue weighted by Crippen LogP contribution is -2.29. The quantitative estimate of drug-likeness (QED) is 0.899. The summed E-state index contributed by atoms with van der Waals surface area (Å²) in [7, 11) is 0. The molecule has 3 heterocycles. The predicted octanol–water partition coefficient (Wildman–Crippen LogP) is 4.00. The standard InChI is InChI=1S/C19H28N4O/c1-15(20-13-17-9-8-12-24-17)18-14-21-19(22-16(18)2)23-10-6-4-3-5-7-11-23/h8-9,12,14-15,20H,3-7,10-11,13H2,1-2H3. The second-order valence-electron chi connectivity index (χ2n) is 6.65. The molecule has 3 rings (SSSR count). The number of nitrogens with zero attached hydrogens (tertiary/aromatic N) is 3. The van der Waals surface area contributed by atoms with Gasteiger partial charge >= 0.3 is 0 Å². The molecule has 5 heteroatoms. The van der Waals surface area contributed by atoms with E-state index in [0.717, 1.165) is 36.1 Å². The monoisotopic (exact) mass is 328 g/mol. The van der Waals surface area contributed by atoms with E-state index in [0.29, 0.717) is 6.54 Å². The van der Waals surface area contributed by atoms with E-state index >= 15 is 0 Å². The highest BCUT2D eigenvalue weighted by Gasteiger charge is 2.15. The third-order valence-corrected chi connectivity index (χ3v) is 4.77. The first-order chi connectivity index (χ1) is 11.7. The molecule has 1 aliphatic rings. The fraction of sp³-hybridized carbons (Fsp3) is 0.579. The fourth-order valence-electron chi connectivity index (χ4n) is 3.27. The van der Waals surface area contributed by atoms with Crippen molar-refractivity contribution in [2.24, 2.45) is 0 Å². The molecule has 1 fully saturated rings. The van der Waals surface area contributed by atoms with Crippen LogP contribution in [0.2, 0.25) is 0 Å². The summed E-state index contributed by atoms with van der Waals surface area (Å²) >= 11 is 0. The van der Waals surface area contributed by atoms with E-state index in [1.54, 1.807) is 6.26 Å². The maximum atomic E-state index is 5.37. The van der Waals surface area contributed by atoms with Gasteiger partial charge in [-0.2, -0.15) is 0 Å². The van der Waals surface area contributed by atoms with Crippen molar-refractivity contribution in [2.45, 2.75) is 58.5 Å². The molecule has 2 aromatic heterocycles. The second-order valence-corrected chi connectivity index (χ2v) is 6.65. The number of aryl methyl sites for hydroxylation is 1. The first kappa shape index (κ1) is 17.0. The summed E-state index contributed by atoms with van der Waals surface area (Å²) in [6.07, 6.45) is 10.2. The van der Waals surface area contributed by atoms with Crippen molar-refractivity contribution in [3.05, 3.63) is 41.6 Å². The summed E-state index contributed by atoms with van der Waals surface area (Å²) < 4.78 is 5.37. The molecule has 1 atom stereocenters. The predicted molar refractivity (Wildman–Crippen MR) is 96.0 cm³/mol. The van der Waals surface area contributed by atoms with Crippen LogP contribution in [-0.4, -0.2) is 23.1 Å². The van der Waals surface area contributed by atoms with E-state index in [1.165, 1.54) is 32.1 Å². The molecule has 0 bridgehead atoms. The number of hydrogen-bond acceptors (Lipinski definition) is 5. The maximum Gasteiger partial charge on any atom is 0.225 e. The van der Waals surface area contributed by atoms with Crippen molar-refractivity contribution in [1.29, 1.82) is 0 Å². The number of rotatable bonds is 5. The van der Waals surface area contributed by atoms with Gasteiger partial charge < -0.3 is 14.6 Å². The second kappa shape index (κ2) is 8.29. The highest BCUT2D eigenvalue weighted by molar-refractivity contribution is 5.34. The minimum Gasteiger partial charge on any atom is -0.468 e. The van der Waals surface area contributed by atoms with Gasteiger partial charge in [-0.15, -0.1) is 0 Å². The van der Waals surface area contributed by atoms with E-state index in [1.807, 2.05) is 18.3 Å². The van der Waals surface area contributed by atoms with E-state index in [9.17, 15) is 0 Å². The third-order valence-electron chi connectivity index (χ3n) is 4.77. The molecule has 1 aliphatic heterocycles. The Hall–Kier alpha value is -1.88. The Kier molecular flexibility index (Phi) is 5.86. The Morgan fingerprint density at radius 1 is 1.21 bits per heavy atom. The molecule has 0 aliphatic carbocycles. The zero-order valence-corrected chi connectivity index (χ0v) is 14.8. The number of furan rings is 1. The largest absolute Gasteiger partial charge is 0.468 e. The molecular formula is C19H28N4O. The van der Waals surface area contributed by atoms with Crippen molar-refractivity contribution in [1.82, 2.24) is 15.3 Å². The Morgan fingerprint density at radius 3 is 2.62 bits per heavy atom. The van der Waals surface area contributed by atoms with Crippen molar-refractivity contribution >= 4 is 5.95 Å². The van der Waals surface area contributed by atoms with Gasteiger partial charge in [-0.3, -0.25) is 0 Å². The van der Waals surface area contributed by atoms with Crippen LogP contribution in [0.4, 0.5) is 5.95 Å². The van der Waals surface area contributed by atoms with Crippen LogP contribution in [0.3, 0.4) is 0 Å². The van der Waals surface area contributed by atoms with Crippen LogP contribution in [0.1, 0.15) is 62.1 Å². The van der Waals surface area contributed by atoms with Crippen LogP contribution in [0.15, 0.2) is 29.0 Å². The average molecular weight is 328 g/mol.